The van der Waals surface area contributed by atoms with Crippen LogP contribution in [-0.4, -0.2) is 47.0 Å². The second-order valence-corrected chi connectivity index (χ2v) is 5.22. The third-order valence-electron chi connectivity index (χ3n) is 4.04. The smallest absolute Gasteiger partial charge is 0.0547 e. The molecule has 4 nitrogen and oxygen atoms in total. The van der Waals surface area contributed by atoms with Gasteiger partial charge in [-0.25, -0.2) is 0 Å². The minimum absolute atomic E-state index is 0.524. The number of nitrogens with zero attached hydrogens (tertiary/aromatic N) is 3. The van der Waals surface area contributed by atoms with Gasteiger partial charge in [-0.3, -0.25) is 14.8 Å². The lowest BCUT2D eigenvalue weighted by Gasteiger charge is -2.26. The fourth-order valence-corrected chi connectivity index (χ4v) is 2.95. The van der Waals surface area contributed by atoms with Crippen LogP contribution in [-0.2, 0) is 13.1 Å². The number of rotatable bonds is 6. The molecule has 2 heterocycles. The summed E-state index contributed by atoms with van der Waals surface area (Å²) in [6.45, 7) is 10.6. The van der Waals surface area contributed by atoms with Gasteiger partial charge in [-0.05, 0) is 31.6 Å². The number of nitrogens with two attached hydrogens (primary N) is 1. The molecule has 0 spiro atoms. The van der Waals surface area contributed by atoms with Crippen molar-refractivity contribution in [2.75, 3.05) is 26.2 Å². The molecule has 106 valence electrons. The molecule has 0 aromatic carbocycles. The molecular formula is C15H26N4. The van der Waals surface area contributed by atoms with Crippen LogP contribution in [0.2, 0.25) is 0 Å². The number of hydrogen-bond donors (Lipinski definition) is 1. The first-order valence-electron chi connectivity index (χ1n) is 7.38. The molecule has 0 amide bonds. The van der Waals surface area contributed by atoms with Gasteiger partial charge in [0.1, 0.15) is 0 Å². The molecule has 1 aliphatic rings. The van der Waals surface area contributed by atoms with Gasteiger partial charge in [-0.15, -0.1) is 0 Å². The lowest BCUT2D eigenvalue weighted by Crippen LogP contribution is -2.37. The van der Waals surface area contributed by atoms with Crippen LogP contribution in [0.3, 0.4) is 0 Å². The average Bonchev–Trinajstić information content (AvgIpc) is 2.89. The Morgan fingerprint density at radius 2 is 2.05 bits per heavy atom. The highest BCUT2D eigenvalue weighted by molar-refractivity contribution is 5.11. The molecule has 1 aromatic rings. The highest BCUT2D eigenvalue weighted by atomic mass is 15.2. The van der Waals surface area contributed by atoms with E-state index in [4.69, 9.17) is 5.73 Å². The van der Waals surface area contributed by atoms with E-state index in [1.54, 1.807) is 0 Å². The number of pyridine rings is 1. The van der Waals surface area contributed by atoms with Gasteiger partial charge in [0.25, 0.3) is 0 Å². The fourth-order valence-electron chi connectivity index (χ4n) is 2.95. The fraction of sp³-hybridized carbons (Fsp3) is 0.667. The quantitative estimate of drug-likeness (QED) is 0.843. The van der Waals surface area contributed by atoms with Gasteiger partial charge in [0.05, 0.1) is 11.4 Å². The monoisotopic (exact) mass is 262 g/mol. The van der Waals surface area contributed by atoms with E-state index in [-0.39, 0.29) is 0 Å². The SMILES string of the molecule is CCN(CC)C1CCN(Cc2cccc(CN)n2)C1. The molecular weight excluding hydrogens is 236 g/mol. The van der Waals surface area contributed by atoms with Gasteiger partial charge in [0.2, 0.25) is 0 Å². The molecule has 1 aliphatic heterocycles. The Morgan fingerprint density at radius 1 is 1.32 bits per heavy atom. The number of hydrogen-bond acceptors (Lipinski definition) is 4. The van der Waals surface area contributed by atoms with Crippen molar-refractivity contribution in [3.8, 4) is 0 Å². The molecule has 0 bridgehead atoms. The molecule has 0 aliphatic carbocycles. The van der Waals surface area contributed by atoms with Gasteiger partial charge < -0.3 is 5.73 Å². The summed E-state index contributed by atoms with van der Waals surface area (Å²) in [5.41, 5.74) is 7.77. The molecule has 2 rings (SSSR count). The summed E-state index contributed by atoms with van der Waals surface area (Å²) < 4.78 is 0. The van der Waals surface area contributed by atoms with Gasteiger partial charge in [0, 0.05) is 32.2 Å². The molecule has 4 heteroatoms. The van der Waals surface area contributed by atoms with E-state index in [0.29, 0.717) is 12.6 Å². The maximum absolute atomic E-state index is 5.64. The molecule has 1 atom stereocenters. The minimum atomic E-state index is 0.524. The zero-order valence-electron chi connectivity index (χ0n) is 12.2. The summed E-state index contributed by atoms with van der Waals surface area (Å²) in [5.74, 6) is 0. The molecule has 1 saturated heterocycles. The van der Waals surface area contributed by atoms with Crippen LogP contribution in [0.4, 0.5) is 0 Å². The molecule has 19 heavy (non-hydrogen) atoms. The highest BCUT2D eigenvalue weighted by Crippen LogP contribution is 2.17. The summed E-state index contributed by atoms with van der Waals surface area (Å²) in [6, 6.07) is 6.87. The standard InChI is InChI=1S/C15H26N4/c1-3-19(4-2)15-8-9-18(12-15)11-14-7-5-6-13(10-16)17-14/h5-7,15H,3-4,8-12,16H2,1-2H3. The molecule has 1 fully saturated rings. The van der Waals surface area contributed by atoms with Crippen molar-refractivity contribution in [3.63, 3.8) is 0 Å². The average molecular weight is 262 g/mol. The first-order valence-corrected chi connectivity index (χ1v) is 7.38. The Balaban J connectivity index is 1.90. The summed E-state index contributed by atoms with van der Waals surface area (Å²) in [6.07, 6.45) is 1.28. The normalized spacial score (nSPS) is 20.3. The van der Waals surface area contributed by atoms with Crippen molar-refractivity contribution in [1.29, 1.82) is 0 Å². The van der Waals surface area contributed by atoms with Crippen molar-refractivity contribution in [3.05, 3.63) is 29.6 Å². The predicted molar refractivity (Wildman–Crippen MR) is 78.7 cm³/mol. The van der Waals surface area contributed by atoms with Crippen molar-refractivity contribution < 1.29 is 0 Å². The summed E-state index contributed by atoms with van der Waals surface area (Å²) in [5, 5.41) is 0. The van der Waals surface area contributed by atoms with Crippen LogP contribution < -0.4 is 5.73 Å². The molecule has 0 saturated carbocycles. The Hall–Kier alpha value is -0.970. The minimum Gasteiger partial charge on any atom is -0.325 e. The van der Waals surface area contributed by atoms with E-state index in [9.17, 15) is 0 Å². The van der Waals surface area contributed by atoms with E-state index in [2.05, 4.69) is 40.8 Å². The van der Waals surface area contributed by atoms with Crippen molar-refractivity contribution in [1.82, 2.24) is 14.8 Å². The molecule has 1 aromatic heterocycles. The first-order chi connectivity index (χ1) is 9.26. The van der Waals surface area contributed by atoms with Crippen LogP contribution in [0.1, 0.15) is 31.7 Å². The molecule has 1 unspecified atom stereocenters. The van der Waals surface area contributed by atoms with Crippen molar-refractivity contribution in [2.45, 2.75) is 39.4 Å². The summed E-state index contributed by atoms with van der Waals surface area (Å²) in [7, 11) is 0. The van der Waals surface area contributed by atoms with E-state index < -0.39 is 0 Å². The predicted octanol–water partition coefficient (Wildman–Crippen LogP) is 1.46. The number of likely N-dealkylation sites (N-methyl/N-ethyl adjacent to an activating group) is 1. The lowest BCUT2D eigenvalue weighted by molar-refractivity contribution is 0.208. The second kappa shape index (κ2) is 6.98. The zero-order valence-corrected chi connectivity index (χ0v) is 12.2. The molecule has 2 N–H and O–H groups in total. The van der Waals surface area contributed by atoms with Crippen LogP contribution in [0.15, 0.2) is 18.2 Å². The molecule has 0 radical (unpaired) electrons. The van der Waals surface area contributed by atoms with Crippen LogP contribution in [0.5, 0.6) is 0 Å². The Morgan fingerprint density at radius 3 is 2.74 bits per heavy atom. The Bertz CT molecular complexity index is 389. The van der Waals surface area contributed by atoms with Gasteiger partial charge >= 0.3 is 0 Å². The van der Waals surface area contributed by atoms with E-state index in [1.807, 2.05) is 6.07 Å². The van der Waals surface area contributed by atoms with Crippen LogP contribution in [0.25, 0.3) is 0 Å². The highest BCUT2D eigenvalue weighted by Gasteiger charge is 2.26. The maximum Gasteiger partial charge on any atom is 0.0547 e. The van der Waals surface area contributed by atoms with E-state index >= 15 is 0 Å². The third kappa shape index (κ3) is 3.75. The summed E-state index contributed by atoms with van der Waals surface area (Å²) >= 11 is 0. The van der Waals surface area contributed by atoms with E-state index in [0.717, 1.165) is 37.6 Å². The largest absolute Gasteiger partial charge is 0.325 e. The van der Waals surface area contributed by atoms with Gasteiger partial charge in [-0.1, -0.05) is 19.9 Å². The number of aromatic nitrogens is 1. The van der Waals surface area contributed by atoms with Crippen molar-refractivity contribution >= 4 is 0 Å². The van der Waals surface area contributed by atoms with Gasteiger partial charge in [0.15, 0.2) is 0 Å². The maximum atomic E-state index is 5.64. The van der Waals surface area contributed by atoms with Crippen LogP contribution >= 0.6 is 0 Å². The first kappa shape index (κ1) is 14.4. The Labute approximate surface area is 116 Å². The topological polar surface area (TPSA) is 45.4 Å². The van der Waals surface area contributed by atoms with Crippen molar-refractivity contribution in [2.24, 2.45) is 5.73 Å². The summed E-state index contributed by atoms with van der Waals surface area (Å²) in [4.78, 5) is 9.65. The zero-order chi connectivity index (χ0) is 13.7. The Kier molecular flexibility index (Phi) is 5.31. The number of likely N-dealkylation sites (tertiary alicyclic amines) is 1. The lowest BCUT2D eigenvalue weighted by atomic mass is 10.2. The van der Waals surface area contributed by atoms with Crippen LogP contribution in [0, 0.1) is 0 Å². The second-order valence-electron chi connectivity index (χ2n) is 5.22. The van der Waals surface area contributed by atoms with E-state index in [1.165, 1.54) is 13.0 Å². The van der Waals surface area contributed by atoms with Gasteiger partial charge in [-0.2, -0.15) is 0 Å². The third-order valence-corrected chi connectivity index (χ3v) is 4.04.